The molecule has 13 heteroatoms. The Morgan fingerprint density at radius 1 is 1.10 bits per heavy atom. The predicted molar refractivity (Wildman–Crippen MR) is 145 cm³/mol. The Morgan fingerprint density at radius 3 is 2.52 bits per heavy atom. The second kappa shape index (κ2) is 11.1. The first-order valence-electron chi connectivity index (χ1n) is 13.1. The van der Waals surface area contributed by atoms with Crippen LogP contribution < -0.4 is 10.3 Å². The molecule has 0 atom stereocenters. The van der Waals surface area contributed by atoms with Gasteiger partial charge in [-0.2, -0.15) is 23.5 Å². The summed E-state index contributed by atoms with van der Waals surface area (Å²) in [7, 11) is 1.28. The summed E-state index contributed by atoms with van der Waals surface area (Å²) in [5.41, 5.74) is -0.330. The molecule has 5 rings (SSSR count). The summed E-state index contributed by atoms with van der Waals surface area (Å²) in [5, 5.41) is 13.3. The van der Waals surface area contributed by atoms with Gasteiger partial charge < -0.3 is 14.2 Å². The van der Waals surface area contributed by atoms with Gasteiger partial charge in [0.15, 0.2) is 0 Å². The lowest BCUT2D eigenvalue weighted by molar-refractivity contribution is -0.137. The van der Waals surface area contributed by atoms with Crippen molar-refractivity contribution in [2.75, 3.05) is 13.2 Å². The molecule has 0 fully saturated rings. The molecule has 42 heavy (non-hydrogen) atoms. The Kier molecular flexibility index (Phi) is 7.55. The van der Waals surface area contributed by atoms with Crippen LogP contribution in [0.4, 0.5) is 13.2 Å². The fourth-order valence-electron chi connectivity index (χ4n) is 5.00. The number of imidazole rings is 1. The fourth-order valence-corrected chi connectivity index (χ4v) is 5.00. The van der Waals surface area contributed by atoms with Crippen LogP contribution in [0.5, 0.6) is 5.75 Å². The minimum atomic E-state index is -4.84. The van der Waals surface area contributed by atoms with Crippen molar-refractivity contribution in [3.8, 4) is 23.1 Å². The number of aromatic nitrogens is 5. The van der Waals surface area contributed by atoms with Crippen LogP contribution in [0.25, 0.3) is 11.3 Å². The van der Waals surface area contributed by atoms with Gasteiger partial charge in [-0.25, -0.2) is 9.67 Å². The molecule has 4 heterocycles. The number of nitriles is 1. The number of rotatable bonds is 7. The van der Waals surface area contributed by atoms with Crippen molar-refractivity contribution in [1.82, 2.24) is 29.2 Å². The number of alkyl halides is 3. The fraction of sp³-hybridized carbons (Fsp3) is 0.310. The van der Waals surface area contributed by atoms with Crippen molar-refractivity contribution in [1.29, 1.82) is 5.26 Å². The largest absolute Gasteiger partial charge is 0.492 e. The minimum Gasteiger partial charge on any atom is -0.492 e. The topological polar surface area (TPSA) is 119 Å². The van der Waals surface area contributed by atoms with Crippen molar-refractivity contribution in [3.05, 3.63) is 92.5 Å². The molecule has 1 aliphatic rings. The van der Waals surface area contributed by atoms with Gasteiger partial charge in [0, 0.05) is 62.0 Å². The number of nitrogens with zero attached hydrogens (tertiary/aromatic N) is 7. The number of amides is 1. The van der Waals surface area contributed by atoms with E-state index in [-0.39, 0.29) is 48.7 Å². The normalized spacial score (nSPS) is 13.2. The lowest BCUT2D eigenvalue weighted by Crippen LogP contribution is -2.38. The summed E-state index contributed by atoms with van der Waals surface area (Å²) < 4.78 is 50.6. The number of hydrogen-bond acceptors (Lipinski definition) is 7. The van der Waals surface area contributed by atoms with Crippen molar-refractivity contribution >= 4 is 5.91 Å². The second-order valence-corrected chi connectivity index (χ2v) is 9.83. The molecule has 0 saturated heterocycles. The van der Waals surface area contributed by atoms with Crippen LogP contribution in [0.1, 0.15) is 51.1 Å². The van der Waals surface area contributed by atoms with Crippen LogP contribution in [0.2, 0.25) is 0 Å². The summed E-state index contributed by atoms with van der Waals surface area (Å²) in [5.74, 6) is 0.662. The van der Waals surface area contributed by atoms with Crippen LogP contribution in [-0.2, 0) is 32.7 Å². The predicted octanol–water partition coefficient (Wildman–Crippen LogP) is 3.88. The molecular weight excluding hydrogens is 551 g/mol. The zero-order chi connectivity index (χ0) is 30.2. The van der Waals surface area contributed by atoms with E-state index in [0.29, 0.717) is 41.1 Å². The number of pyridine rings is 1. The molecule has 10 nitrogen and oxygen atoms in total. The van der Waals surface area contributed by atoms with E-state index in [4.69, 9.17) is 4.74 Å². The van der Waals surface area contributed by atoms with E-state index in [1.165, 1.54) is 13.2 Å². The maximum atomic E-state index is 14.1. The van der Waals surface area contributed by atoms with E-state index in [9.17, 15) is 28.0 Å². The molecule has 0 radical (unpaired) electrons. The van der Waals surface area contributed by atoms with Gasteiger partial charge in [-0.1, -0.05) is 0 Å². The number of fused-ring (bicyclic) bond motifs is 1. The molecule has 3 aromatic heterocycles. The van der Waals surface area contributed by atoms with E-state index in [1.807, 2.05) is 10.6 Å². The number of aryl methyl sites for hydroxylation is 2. The molecule has 0 saturated carbocycles. The number of carbonyl (C=O) groups is 1. The van der Waals surface area contributed by atoms with Crippen molar-refractivity contribution < 1.29 is 22.7 Å². The molecule has 4 aromatic rings. The van der Waals surface area contributed by atoms with Crippen LogP contribution in [-0.4, -0.2) is 48.3 Å². The third kappa shape index (κ3) is 5.47. The third-order valence-electron chi connectivity index (χ3n) is 7.08. The number of ether oxygens (including phenoxy) is 1. The molecule has 1 amide bonds. The SMILES string of the molecule is CCOc1cc(CN2CCc3c(cc(Cn4ccnc4C)cc3-c3nn(C)c(=O)cc3C(F)(F)F)C2=O)ncc1C#N. The highest BCUT2D eigenvalue weighted by molar-refractivity contribution is 5.99. The monoisotopic (exact) mass is 577 g/mol. The lowest BCUT2D eigenvalue weighted by Gasteiger charge is -2.30. The minimum absolute atomic E-state index is 0.107. The molecule has 216 valence electrons. The van der Waals surface area contributed by atoms with E-state index >= 15 is 0 Å². The maximum Gasteiger partial charge on any atom is 0.418 e. The third-order valence-corrected chi connectivity index (χ3v) is 7.08. The quantitative estimate of drug-likeness (QED) is 0.327. The van der Waals surface area contributed by atoms with E-state index < -0.39 is 23.0 Å². The Balaban J connectivity index is 1.62. The molecule has 0 aliphatic carbocycles. The zero-order valence-corrected chi connectivity index (χ0v) is 23.1. The summed E-state index contributed by atoms with van der Waals surface area (Å²) in [6.45, 7) is 4.49. The van der Waals surface area contributed by atoms with Crippen molar-refractivity contribution in [3.63, 3.8) is 0 Å². The molecular formula is C29H26F3N7O3. The molecule has 0 bridgehead atoms. The van der Waals surface area contributed by atoms with E-state index in [1.54, 1.807) is 49.3 Å². The molecule has 1 aromatic carbocycles. The van der Waals surface area contributed by atoms with Crippen LogP contribution in [0.15, 0.2) is 47.7 Å². The average molecular weight is 578 g/mol. The Morgan fingerprint density at radius 2 is 1.86 bits per heavy atom. The first-order valence-corrected chi connectivity index (χ1v) is 13.1. The van der Waals surface area contributed by atoms with E-state index in [0.717, 1.165) is 4.68 Å². The van der Waals surface area contributed by atoms with Crippen LogP contribution >= 0.6 is 0 Å². The zero-order valence-electron chi connectivity index (χ0n) is 23.1. The van der Waals surface area contributed by atoms with Gasteiger partial charge in [-0.15, -0.1) is 0 Å². The lowest BCUT2D eigenvalue weighted by atomic mass is 9.88. The Bertz CT molecular complexity index is 1790. The summed E-state index contributed by atoms with van der Waals surface area (Å²) in [6.07, 6.45) is 0.136. The first-order chi connectivity index (χ1) is 20.0. The summed E-state index contributed by atoms with van der Waals surface area (Å²) in [6, 6.07) is 7.44. The number of hydrogen-bond donors (Lipinski definition) is 0. The Hall–Kier alpha value is -4.99. The van der Waals surface area contributed by atoms with Crippen molar-refractivity contribution in [2.24, 2.45) is 7.05 Å². The van der Waals surface area contributed by atoms with E-state index in [2.05, 4.69) is 15.1 Å². The average Bonchev–Trinajstić information content (AvgIpc) is 3.35. The first kappa shape index (κ1) is 28.5. The van der Waals surface area contributed by atoms with Gasteiger partial charge in [-0.3, -0.25) is 14.6 Å². The van der Waals surface area contributed by atoms with Gasteiger partial charge in [0.05, 0.1) is 24.4 Å². The standard InChI is InChI=1S/C29H26F3N7O3/c1-4-42-25-11-20(35-14-19(25)13-33)16-39-7-5-21-22(27-24(29(30,31)32)12-26(40)37(3)36-27)9-18(10-23(21)28(39)41)15-38-8-6-34-17(38)2/h6,8-12,14H,4-5,7,15-16H2,1-3H3. The van der Waals surface area contributed by atoms with Crippen LogP contribution in [0, 0.1) is 18.3 Å². The summed E-state index contributed by atoms with van der Waals surface area (Å²) in [4.78, 5) is 36.1. The highest BCUT2D eigenvalue weighted by Gasteiger charge is 2.37. The molecule has 1 aliphatic heterocycles. The highest BCUT2D eigenvalue weighted by Crippen LogP contribution is 2.39. The number of halogens is 3. The van der Waals surface area contributed by atoms with Gasteiger partial charge in [-0.05, 0) is 43.5 Å². The molecule has 0 unspecified atom stereocenters. The van der Waals surface area contributed by atoms with Gasteiger partial charge in [0.2, 0.25) is 0 Å². The highest BCUT2D eigenvalue weighted by atomic mass is 19.4. The molecule has 0 spiro atoms. The molecule has 0 N–H and O–H groups in total. The second-order valence-electron chi connectivity index (χ2n) is 9.83. The van der Waals surface area contributed by atoms with Gasteiger partial charge >= 0.3 is 6.18 Å². The van der Waals surface area contributed by atoms with Crippen LogP contribution in [0.3, 0.4) is 0 Å². The number of carbonyl (C=O) groups excluding carboxylic acids is 1. The Labute approximate surface area is 238 Å². The summed E-state index contributed by atoms with van der Waals surface area (Å²) >= 11 is 0. The van der Waals surface area contributed by atoms with Gasteiger partial charge in [0.1, 0.15) is 28.9 Å². The van der Waals surface area contributed by atoms with Crippen molar-refractivity contribution in [2.45, 2.75) is 39.5 Å². The van der Waals surface area contributed by atoms with Gasteiger partial charge in [0.25, 0.3) is 11.5 Å². The number of benzene rings is 1. The maximum absolute atomic E-state index is 14.1. The smallest absolute Gasteiger partial charge is 0.418 e.